The molecule has 2 heteroatoms. The third-order valence-electron chi connectivity index (χ3n) is 5.59. The van der Waals surface area contributed by atoms with Crippen molar-refractivity contribution >= 4 is 5.69 Å². The van der Waals surface area contributed by atoms with Gasteiger partial charge in [-0.1, -0.05) is 49.4 Å². The Balaban J connectivity index is 2.03. The first kappa shape index (κ1) is 22.1. The second-order valence-corrected chi connectivity index (χ2v) is 8.14. The van der Waals surface area contributed by atoms with Gasteiger partial charge in [0.15, 0.2) is 0 Å². The topological polar surface area (TPSA) is 6.48 Å². The van der Waals surface area contributed by atoms with Crippen molar-refractivity contribution in [2.45, 2.75) is 58.9 Å². The zero-order chi connectivity index (χ0) is 20.7. The highest BCUT2D eigenvalue weighted by Crippen LogP contribution is 2.32. The quantitative estimate of drug-likeness (QED) is 0.454. The molecular formula is C26H38N2. The van der Waals surface area contributed by atoms with Gasteiger partial charge in [-0.3, -0.25) is 0 Å². The number of rotatable bonds is 9. The van der Waals surface area contributed by atoms with Gasteiger partial charge in [0.2, 0.25) is 0 Å². The van der Waals surface area contributed by atoms with E-state index in [1.165, 1.54) is 22.4 Å². The van der Waals surface area contributed by atoms with E-state index in [9.17, 15) is 0 Å². The van der Waals surface area contributed by atoms with Crippen LogP contribution in [0.4, 0.5) is 5.69 Å². The Kier molecular flexibility index (Phi) is 8.17. The molecule has 0 spiro atoms. The maximum Gasteiger partial charge on any atom is 0.0363 e. The van der Waals surface area contributed by atoms with E-state index in [1.54, 1.807) is 0 Å². The van der Waals surface area contributed by atoms with E-state index < -0.39 is 0 Å². The highest BCUT2D eigenvalue weighted by molar-refractivity contribution is 5.52. The van der Waals surface area contributed by atoms with Gasteiger partial charge in [-0.15, -0.1) is 0 Å². The maximum absolute atomic E-state index is 4.22. The molecule has 1 atom stereocenters. The van der Waals surface area contributed by atoms with Crippen molar-refractivity contribution in [2.24, 2.45) is 0 Å². The second kappa shape index (κ2) is 10.4. The van der Waals surface area contributed by atoms with Crippen LogP contribution in [0, 0.1) is 0 Å². The normalized spacial score (nSPS) is 16.5. The predicted molar refractivity (Wildman–Crippen MR) is 125 cm³/mol. The lowest BCUT2D eigenvalue weighted by molar-refractivity contribution is 0.297. The molecule has 0 amide bonds. The Morgan fingerprint density at radius 1 is 1.29 bits per heavy atom. The van der Waals surface area contributed by atoms with E-state index in [0.717, 1.165) is 31.5 Å². The molecule has 1 aromatic rings. The maximum atomic E-state index is 4.22. The van der Waals surface area contributed by atoms with Crippen LogP contribution in [-0.4, -0.2) is 31.6 Å². The summed E-state index contributed by atoms with van der Waals surface area (Å²) in [7, 11) is 4.21. The molecule has 2 rings (SSSR count). The van der Waals surface area contributed by atoms with Crippen molar-refractivity contribution in [1.29, 1.82) is 0 Å². The van der Waals surface area contributed by atoms with Crippen LogP contribution in [0.1, 0.15) is 57.6 Å². The minimum atomic E-state index is 0.465. The molecule has 0 aromatic heterocycles. The standard InChI is InChI=1S/C26H38N2/c1-8-10-21(5)28(20(3)4)18-17-22-11-13-24(14-12-22)26-16-15-25(27(6)7)19-23(26)9-2/h8,10-13,15-16,19-20,24H,5,9,14,17-18H2,1-4,6-7H3/b10-8-/t24-/m0/s1. The monoisotopic (exact) mass is 378 g/mol. The first-order chi connectivity index (χ1) is 13.4. The van der Waals surface area contributed by atoms with Crippen LogP contribution in [-0.2, 0) is 6.42 Å². The molecule has 1 aliphatic rings. The van der Waals surface area contributed by atoms with E-state index in [2.05, 4.69) is 99.8 Å². The van der Waals surface area contributed by atoms with E-state index >= 15 is 0 Å². The van der Waals surface area contributed by atoms with Crippen LogP contribution < -0.4 is 4.90 Å². The molecule has 152 valence electrons. The van der Waals surface area contributed by atoms with Crippen molar-refractivity contribution in [2.75, 3.05) is 25.5 Å². The van der Waals surface area contributed by atoms with Gasteiger partial charge in [0, 0.05) is 44.0 Å². The number of hydrogen-bond donors (Lipinski definition) is 0. The van der Waals surface area contributed by atoms with Gasteiger partial charge < -0.3 is 9.80 Å². The number of allylic oxidation sites excluding steroid dienone is 5. The van der Waals surface area contributed by atoms with Crippen molar-refractivity contribution in [3.63, 3.8) is 0 Å². The fraction of sp³-hybridized carbons (Fsp3) is 0.462. The number of hydrogen-bond acceptors (Lipinski definition) is 2. The van der Waals surface area contributed by atoms with Gasteiger partial charge in [0.05, 0.1) is 0 Å². The SMILES string of the molecule is C=C(/C=C\C)N(CCC1=CC[C@@H](c2ccc(N(C)C)cc2CC)C=C1)C(C)C. The zero-order valence-corrected chi connectivity index (χ0v) is 18.7. The number of aryl methyl sites for hydroxylation is 1. The van der Waals surface area contributed by atoms with E-state index in [-0.39, 0.29) is 0 Å². The average molecular weight is 379 g/mol. The molecule has 0 fully saturated rings. The Morgan fingerprint density at radius 3 is 2.57 bits per heavy atom. The minimum absolute atomic E-state index is 0.465. The summed E-state index contributed by atoms with van der Waals surface area (Å²) in [6.45, 7) is 14.0. The summed E-state index contributed by atoms with van der Waals surface area (Å²) in [6.07, 6.45) is 14.6. The summed E-state index contributed by atoms with van der Waals surface area (Å²) in [6, 6.07) is 7.38. The summed E-state index contributed by atoms with van der Waals surface area (Å²) in [5, 5.41) is 0. The lowest BCUT2D eigenvalue weighted by Crippen LogP contribution is -2.30. The van der Waals surface area contributed by atoms with Crippen molar-refractivity contribution in [1.82, 2.24) is 4.90 Å². The van der Waals surface area contributed by atoms with Gasteiger partial charge in [-0.05, 0) is 69.4 Å². The van der Waals surface area contributed by atoms with Crippen LogP contribution >= 0.6 is 0 Å². The lowest BCUT2D eigenvalue weighted by Gasteiger charge is -2.30. The molecule has 28 heavy (non-hydrogen) atoms. The summed E-state index contributed by atoms with van der Waals surface area (Å²) in [5.74, 6) is 0.495. The minimum Gasteiger partial charge on any atom is -0.378 e. The number of anilines is 1. The van der Waals surface area contributed by atoms with Crippen LogP contribution in [0.3, 0.4) is 0 Å². The van der Waals surface area contributed by atoms with E-state index in [4.69, 9.17) is 0 Å². The third kappa shape index (κ3) is 5.64. The van der Waals surface area contributed by atoms with Gasteiger partial charge in [0.1, 0.15) is 0 Å². The summed E-state index contributed by atoms with van der Waals surface area (Å²) < 4.78 is 0. The largest absolute Gasteiger partial charge is 0.378 e. The lowest BCUT2D eigenvalue weighted by atomic mass is 9.86. The summed E-state index contributed by atoms with van der Waals surface area (Å²) >= 11 is 0. The third-order valence-corrected chi connectivity index (χ3v) is 5.59. The van der Waals surface area contributed by atoms with E-state index in [0.29, 0.717) is 12.0 Å². The Labute approximate surface area is 172 Å². The van der Waals surface area contributed by atoms with Crippen LogP contribution in [0.2, 0.25) is 0 Å². The molecule has 0 saturated carbocycles. The molecule has 2 nitrogen and oxygen atoms in total. The molecule has 0 bridgehead atoms. The smallest absolute Gasteiger partial charge is 0.0363 e. The highest BCUT2D eigenvalue weighted by atomic mass is 15.1. The molecule has 0 radical (unpaired) electrons. The van der Waals surface area contributed by atoms with Gasteiger partial charge in [0.25, 0.3) is 0 Å². The zero-order valence-electron chi connectivity index (χ0n) is 18.7. The molecule has 0 heterocycles. The van der Waals surface area contributed by atoms with Crippen molar-refractivity contribution in [3.05, 3.63) is 77.6 Å². The van der Waals surface area contributed by atoms with E-state index in [1.807, 2.05) is 6.92 Å². The molecule has 0 saturated heterocycles. The molecular weight excluding hydrogens is 340 g/mol. The number of nitrogens with zero attached hydrogens (tertiary/aromatic N) is 2. The van der Waals surface area contributed by atoms with Gasteiger partial charge in [-0.25, -0.2) is 0 Å². The molecule has 0 N–H and O–H groups in total. The van der Waals surface area contributed by atoms with Crippen molar-refractivity contribution in [3.8, 4) is 0 Å². The van der Waals surface area contributed by atoms with Gasteiger partial charge in [-0.2, -0.15) is 0 Å². The molecule has 0 unspecified atom stereocenters. The fourth-order valence-corrected chi connectivity index (χ4v) is 3.89. The molecule has 0 aliphatic heterocycles. The van der Waals surface area contributed by atoms with Crippen molar-refractivity contribution < 1.29 is 0 Å². The van der Waals surface area contributed by atoms with Crippen LogP contribution in [0.25, 0.3) is 0 Å². The molecule has 1 aromatic carbocycles. The van der Waals surface area contributed by atoms with Crippen LogP contribution in [0.5, 0.6) is 0 Å². The average Bonchev–Trinajstić information content (AvgIpc) is 2.68. The first-order valence-corrected chi connectivity index (χ1v) is 10.6. The first-order valence-electron chi connectivity index (χ1n) is 10.6. The Bertz CT molecular complexity index is 750. The highest BCUT2D eigenvalue weighted by Gasteiger charge is 2.16. The Hall–Kier alpha value is -2.22. The summed E-state index contributed by atoms with van der Waals surface area (Å²) in [5.41, 5.74) is 6.77. The van der Waals surface area contributed by atoms with Gasteiger partial charge >= 0.3 is 0 Å². The summed E-state index contributed by atoms with van der Waals surface area (Å²) in [4.78, 5) is 4.57. The Morgan fingerprint density at radius 2 is 2.04 bits per heavy atom. The fourth-order valence-electron chi connectivity index (χ4n) is 3.89. The number of benzene rings is 1. The predicted octanol–water partition coefficient (Wildman–Crippen LogP) is 6.48. The second-order valence-electron chi connectivity index (χ2n) is 8.14. The molecule has 1 aliphatic carbocycles. The van der Waals surface area contributed by atoms with Crippen LogP contribution in [0.15, 0.2) is 66.4 Å².